The summed E-state index contributed by atoms with van der Waals surface area (Å²) in [5, 5.41) is 2.70. The highest BCUT2D eigenvalue weighted by molar-refractivity contribution is 7.89. The van der Waals surface area contributed by atoms with Crippen LogP contribution in [-0.2, 0) is 21.4 Å². The van der Waals surface area contributed by atoms with Crippen LogP contribution in [0.4, 0.5) is 0 Å². The number of hydrogen-bond donors (Lipinski definition) is 1. The molecule has 8 heteroatoms. The third kappa shape index (κ3) is 5.40. The van der Waals surface area contributed by atoms with E-state index in [-0.39, 0.29) is 24.0 Å². The zero-order valence-corrected chi connectivity index (χ0v) is 16.7. The Morgan fingerprint density at radius 1 is 1.07 bits per heavy atom. The van der Waals surface area contributed by atoms with Crippen molar-refractivity contribution in [1.82, 2.24) is 9.62 Å². The summed E-state index contributed by atoms with van der Waals surface area (Å²) < 4.78 is 31.7. The third-order valence-corrected chi connectivity index (χ3v) is 6.23. The lowest BCUT2D eigenvalue weighted by molar-refractivity contribution is -0.123. The Bertz CT molecular complexity index is 906. The second-order valence-electron chi connectivity index (χ2n) is 5.95. The van der Waals surface area contributed by atoms with Gasteiger partial charge in [-0.2, -0.15) is 4.31 Å². The first-order valence-electron chi connectivity index (χ1n) is 8.95. The van der Waals surface area contributed by atoms with Gasteiger partial charge in [-0.1, -0.05) is 38.1 Å². The van der Waals surface area contributed by atoms with Crippen LogP contribution in [-0.4, -0.2) is 44.6 Å². The first kappa shape index (κ1) is 21.6. The minimum Gasteiger partial charge on any atom is -0.483 e. The summed E-state index contributed by atoms with van der Waals surface area (Å²) in [6, 6.07) is 13.0. The van der Waals surface area contributed by atoms with E-state index in [0.717, 1.165) is 5.56 Å². The van der Waals surface area contributed by atoms with Crippen molar-refractivity contribution < 1.29 is 22.7 Å². The fourth-order valence-electron chi connectivity index (χ4n) is 2.60. The summed E-state index contributed by atoms with van der Waals surface area (Å²) in [7, 11) is -3.50. The number of aldehydes is 1. The standard InChI is InChI=1S/C20H24N2O5S/c1-3-22(4-2)28(25,26)18-11-9-16(10-12-18)13-21-20(24)15-27-19-8-6-5-7-17(19)14-23/h5-12,14H,3-4,13,15H2,1-2H3,(H,21,24). The fourth-order valence-corrected chi connectivity index (χ4v) is 4.05. The molecule has 0 spiro atoms. The van der Waals surface area contributed by atoms with Gasteiger partial charge < -0.3 is 10.1 Å². The molecular formula is C20H24N2O5S. The number of nitrogens with zero attached hydrogens (tertiary/aromatic N) is 1. The van der Waals surface area contributed by atoms with Gasteiger partial charge in [-0.25, -0.2) is 8.42 Å². The molecule has 1 amide bonds. The maximum atomic E-state index is 12.5. The molecular weight excluding hydrogens is 380 g/mol. The number of carbonyl (C=O) groups is 2. The van der Waals surface area contributed by atoms with Crippen LogP contribution in [0.1, 0.15) is 29.8 Å². The first-order chi connectivity index (χ1) is 13.4. The zero-order valence-electron chi connectivity index (χ0n) is 15.9. The minimum absolute atomic E-state index is 0.222. The molecule has 1 N–H and O–H groups in total. The number of hydrogen-bond acceptors (Lipinski definition) is 5. The lowest BCUT2D eigenvalue weighted by atomic mass is 10.2. The first-order valence-corrected chi connectivity index (χ1v) is 10.4. The number of sulfonamides is 1. The monoisotopic (exact) mass is 404 g/mol. The molecule has 0 bridgehead atoms. The molecule has 2 rings (SSSR count). The Morgan fingerprint density at radius 2 is 1.71 bits per heavy atom. The maximum Gasteiger partial charge on any atom is 0.258 e. The number of para-hydroxylation sites is 1. The molecule has 0 aliphatic carbocycles. The Kier molecular flexibility index (Phi) is 7.71. The number of ether oxygens (including phenoxy) is 1. The molecule has 0 aromatic heterocycles. The van der Waals surface area contributed by atoms with E-state index < -0.39 is 10.0 Å². The number of rotatable bonds is 10. The molecule has 28 heavy (non-hydrogen) atoms. The molecule has 7 nitrogen and oxygen atoms in total. The number of carbonyl (C=O) groups excluding carboxylic acids is 2. The van der Waals surface area contributed by atoms with Crippen molar-refractivity contribution >= 4 is 22.2 Å². The van der Waals surface area contributed by atoms with Crippen LogP contribution in [0, 0.1) is 0 Å². The molecule has 0 saturated heterocycles. The van der Waals surface area contributed by atoms with Crippen LogP contribution in [0.15, 0.2) is 53.4 Å². The summed E-state index contributed by atoms with van der Waals surface area (Å²) in [6.45, 7) is 4.41. The van der Waals surface area contributed by atoms with Crippen molar-refractivity contribution in [3.05, 3.63) is 59.7 Å². The summed E-state index contributed by atoms with van der Waals surface area (Å²) in [5.41, 5.74) is 1.14. The second kappa shape index (κ2) is 10.0. The van der Waals surface area contributed by atoms with Crippen LogP contribution in [0.5, 0.6) is 5.75 Å². The predicted molar refractivity (Wildman–Crippen MR) is 106 cm³/mol. The van der Waals surface area contributed by atoms with E-state index in [1.807, 2.05) is 0 Å². The van der Waals surface area contributed by atoms with Gasteiger partial charge >= 0.3 is 0 Å². The maximum absolute atomic E-state index is 12.5. The molecule has 0 fully saturated rings. The van der Waals surface area contributed by atoms with Gasteiger partial charge in [-0.05, 0) is 29.8 Å². The minimum atomic E-state index is -3.50. The number of amides is 1. The highest BCUT2D eigenvalue weighted by Crippen LogP contribution is 2.17. The van der Waals surface area contributed by atoms with Crippen molar-refractivity contribution in [2.75, 3.05) is 19.7 Å². The smallest absolute Gasteiger partial charge is 0.258 e. The van der Waals surface area contributed by atoms with Gasteiger partial charge in [-0.15, -0.1) is 0 Å². The summed E-state index contributed by atoms with van der Waals surface area (Å²) in [5.74, 6) is -0.000784. The number of nitrogens with one attached hydrogen (secondary N) is 1. The van der Waals surface area contributed by atoms with Gasteiger partial charge in [0.15, 0.2) is 12.9 Å². The third-order valence-electron chi connectivity index (χ3n) is 4.16. The average molecular weight is 404 g/mol. The Hall–Kier alpha value is -2.71. The van der Waals surface area contributed by atoms with Crippen molar-refractivity contribution in [1.29, 1.82) is 0 Å². The molecule has 2 aromatic rings. The molecule has 150 valence electrons. The van der Waals surface area contributed by atoms with Gasteiger partial charge in [0.05, 0.1) is 10.5 Å². The van der Waals surface area contributed by atoms with E-state index in [1.54, 1.807) is 50.2 Å². The van der Waals surface area contributed by atoms with Crippen molar-refractivity contribution in [2.24, 2.45) is 0 Å². The van der Waals surface area contributed by atoms with Gasteiger partial charge in [0.25, 0.3) is 5.91 Å². The molecule has 0 radical (unpaired) electrons. The Labute approximate surface area is 165 Å². The van der Waals surface area contributed by atoms with E-state index in [0.29, 0.717) is 30.7 Å². The number of benzene rings is 2. The van der Waals surface area contributed by atoms with E-state index in [4.69, 9.17) is 4.74 Å². The molecule has 0 aliphatic rings. The molecule has 0 saturated carbocycles. The quantitative estimate of drug-likeness (QED) is 0.613. The van der Waals surface area contributed by atoms with Crippen LogP contribution >= 0.6 is 0 Å². The van der Waals surface area contributed by atoms with Crippen LogP contribution < -0.4 is 10.1 Å². The van der Waals surface area contributed by atoms with Crippen LogP contribution in [0.3, 0.4) is 0 Å². The topological polar surface area (TPSA) is 92.8 Å². The summed E-state index contributed by atoms with van der Waals surface area (Å²) >= 11 is 0. The van der Waals surface area contributed by atoms with Gasteiger partial charge in [-0.3, -0.25) is 9.59 Å². The van der Waals surface area contributed by atoms with E-state index in [2.05, 4.69) is 5.32 Å². The Morgan fingerprint density at radius 3 is 2.32 bits per heavy atom. The molecule has 0 heterocycles. The lowest BCUT2D eigenvalue weighted by Gasteiger charge is -2.18. The predicted octanol–water partition coefficient (Wildman–Crippen LogP) is 2.22. The Balaban J connectivity index is 1.91. The van der Waals surface area contributed by atoms with Crippen LogP contribution in [0.2, 0.25) is 0 Å². The molecule has 0 atom stereocenters. The van der Waals surface area contributed by atoms with Crippen LogP contribution in [0.25, 0.3) is 0 Å². The lowest BCUT2D eigenvalue weighted by Crippen LogP contribution is -2.30. The fraction of sp³-hybridized carbons (Fsp3) is 0.300. The largest absolute Gasteiger partial charge is 0.483 e. The molecule has 2 aromatic carbocycles. The van der Waals surface area contributed by atoms with Gasteiger partial charge in [0, 0.05) is 19.6 Å². The summed E-state index contributed by atoms with van der Waals surface area (Å²) in [6.07, 6.45) is 0.668. The van der Waals surface area contributed by atoms with Gasteiger partial charge in [0.2, 0.25) is 10.0 Å². The summed E-state index contributed by atoms with van der Waals surface area (Å²) in [4.78, 5) is 23.1. The SMILES string of the molecule is CCN(CC)S(=O)(=O)c1ccc(CNC(=O)COc2ccccc2C=O)cc1. The highest BCUT2D eigenvalue weighted by atomic mass is 32.2. The highest BCUT2D eigenvalue weighted by Gasteiger charge is 2.21. The normalized spacial score (nSPS) is 11.2. The van der Waals surface area contributed by atoms with E-state index >= 15 is 0 Å². The molecule has 0 unspecified atom stereocenters. The molecule has 0 aliphatic heterocycles. The zero-order chi connectivity index (χ0) is 20.6. The van der Waals surface area contributed by atoms with E-state index in [1.165, 1.54) is 16.4 Å². The van der Waals surface area contributed by atoms with E-state index in [9.17, 15) is 18.0 Å². The van der Waals surface area contributed by atoms with Crippen molar-refractivity contribution in [3.8, 4) is 5.75 Å². The second-order valence-corrected chi connectivity index (χ2v) is 7.89. The van der Waals surface area contributed by atoms with Crippen molar-refractivity contribution in [2.45, 2.75) is 25.3 Å². The van der Waals surface area contributed by atoms with Crippen molar-refractivity contribution in [3.63, 3.8) is 0 Å². The average Bonchev–Trinajstić information content (AvgIpc) is 2.72. The van der Waals surface area contributed by atoms with Gasteiger partial charge in [0.1, 0.15) is 5.75 Å².